The van der Waals surface area contributed by atoms with E-state index in [0.717, 1.165) is 33.5 Å². The molecule has 3 aromatic heterocycles. The first-order valence-electron chi connectivity index (χ1n) is 9.08. The van der Waals surface area contributed by atoms with Crippen LogP contribution in [0.3, 0.4) is 0 Å². The average molecular weight is 353 g/mol. The summed E-state index contributed by atoms with van der Waals surface area (Å²) >= 11 is 0. The summed E-state index contributed by atoms with van der Waals surface area (Å²) in [6.45, 7) is 4.43. The molecule has 27 heavy (non-hydrogen) atoms. The van der Waals surface area contributed by atoms with Gasteiger partial charge in [-0.3, -0.25) is 9.50 Å². The standard InChI is InChI=1S/C22H19N5/c1-14(2)15-4-3-5-16(10-15)19-8-9-21-25-26-22(27(21)13-19)17-6-7-18-12-23-24-20(18)11-17/h3-14H,1-2H3,(H,23,24). The number of pyridine rings is 1. The highest BCUT2D eigenvalue weighted by molar-refractivity contribution is 5.83. The third-order valence-corrected chi connectivity index (χ3v) is 4.99. The fourth-order valence-electron chi connectivity index (χ4n) is 3.41. The maximum absolute atomic E-state index is 4.42. The van der Waals surface area contributed by atoms with E-state index >= 15 is 0 Å². The SMILES string of the molecule is CC(C)c1cccc(-c2ccc3nnc(-c4ccc5cn[nH]c5c4)n3c2)c1. The topological polar surface area (TPSA) is 58.9 Å². The molecule has 2 aromatic carbocycles. The van der Waals surface area contributed by atoms with Gasteiger partial charge in [-0.1, -0.05) is 50.2 Å². The molecule has 3 heterocycles. The number of aromatic amines is 1. The molecule has 5 rings (SSSR count). The predicted octanol–water partition coefficient (Wildman–Crippen LogP) is 5.06. The molecular weight excluding hydrogens is 334 g/mol. The molecule has 1 N–H and O–H groups in total. The summed E-state index contributed by atoms with van der Waals surface area (Å²) in [6, 6.07) is 19.0. The highest BCUT2D eigenvalue weighted by atomic mass is 15.2. The molecule has 0 atom stereocenters. The Kier molecular flexibility index (Phi) is 3.53. The first-order valence-corrected chi connectivity index (χ1v) is 9.08. The van der Waals surface area contributed by atoms with Crippen molar-refractivity contribution in [3.05, 3.63) is 72.6 Å². The quantitative estimate of drug-likeness (QED) is 0.493. The van der Waals surface area contributed by atoms with E-state index in [9.17, 15) is 0 Å². The summed E-state index contributed by atoms with van der Waals surface area (Å²) in [6.07, 6.45) is 3.93. The molecule has 0 amide bonds. The van der Waals surface area contributed by atoms with Gasteiger partial charge in [-0.05, 0) is 40.8 Å². The summed E-state index contributed by atoms with van der Waals surface area (Å²) in [5, 5.41) is 16.9. The van der Waals surface area contributed by atoms with Crippen molar-refractivity contribution in [2.24, 2.45) is 0 Å². The monoisotopic (exact) mass is 353 g/mol. The molecule has 132 valence electrons. The lowest BCUT2D eigenvalue weighted by molar-refractivity contribution is 0.867. The van der Waals surface area contributed by atoms with Gasteiger partial charge in [-0.15, -0.1) is 10.2 Å². The maximum Gasteiger partial charge on any atom is 0.168 e. The minimum Gasteiger partial charge on any atom is -0.282 e. The molecular formula is C22H19N5. The van der Waals surface area contributed by atoms with E-state index in [-0.39, 0.29) is 0 Å². The highest BCUT2D eigenvalue weighted by Gasteiger charge is 2.11. The molecule has 5 nitrogen and oxygen atoms in total. The second-order valence-electron chi connectivity index (χ2n) is 7.12. The van der Waals surface area contributed by atoms with E-state index in [1.54, 1.807) is 0 Å². The van der Waals surface area contributed by atoms with Gasteiger partial charge < -0.3 is 0 Å². The van der Waals surface area contributed by atoms with E-state index in [1.807, 2.05) is 18.3 Å². The number of aromatic nitrogens is 5. The summed E-state index contributed by atoms with van der Waals surface area (Å²) < 4.78 is 2.05. The Hall–Kier alpha value is -3.47. The van der Waals surface area contributed by atoms with Crippen LogP contribution in [-0.4, -0.2) is 24.8 Å². The molecule has 0 bridgehead atoms. The van der Waals surface area contributed by atoms with Crippen LogP contribution in [0.1, 0.15) is 25.3 Å². The third kappa shape index (κ3) is 2.68. The number of rotatable bonds is 3. The van der Waals surface area contributed by atoms with E-state index in [2.05, 4.69) is 87.3 Å². The first-order chi connectivity index (χ1) is 13.2. The average Bonchev–Trinajstić information content (AvgIpc) is 3.33. The second-order valence-corrected chi connectivity index (χ2v) is 7.12. The Morgan fingerprint density at radius 1 is 0.889 bits per heavy atom. The number of benzene rings is 2. The van der Waals surface area contributed by atoms with Crippen molar-refractivity contribution < 1.29 is 0 Å². The lowest BCUT2D eigenvalue weighted by Gasteiger charge is -2.09. The van der Waals surface area contributed by atoms with Crippen molar-refractivity contribution in [3.8, 4) is 22.5 Å². The van der Waals surface area contributed by atoms with Crippen molar-refractivity contribution >= 4 is 16.6 Å². The lowest BCUT2D eigenvalue weighted by atomic mass is 9.98. The van der Waals surface area contributed by atoms with Crippen LogP contribution < -0.4 is 0 Å². The van der Waals surface area contributed by atoms with Gasteiger partial charge in [0.05, 0.1) is 11.7 Å². The van der Waals surface area contributed by atoms with E-state index in [4.69, 9.17) is 0 Å². The van der Waals surface area contributed by atoms with Crippen LogP contribution in [0, 0.1) is 0 Å². The van der Waals surface area contributed by atoms with E-state index in [0.29, 0.717) is 5.92 Å². The van der Waals surface area contributed by atoms with Gasteiger partial charge in [0.2, 0.25) is 0 Å². The fourth-order valence-corrected chi connectivity index (χ4v) is 3.41. The normalized spacial score (nSPS) is 11.7. The molecule has 5 heteroatoms. The van der Waals surface area contributed by atoms with Gasteiger partial charge in [0, 0.05) is 17.1 Å². The van der Waals surface area contributed by atoms with E-state index in [1.165, 1.54) is 11.1 Å². The minimum atomic E-state index is 0.500. The van der Waals surface area contributed by atoms with Crippen LogP contribution in [-0.2, 0) is 0 Å². The fraction of sp³-hybridized carbons (Fsp3) is 0.136. The number of nitrogens with zero attached hydrogens (tertiary/aromatic N) is 4. The molecule has 0 spiro atoms. The van der Waals surface area contributed by atoms with Crippen LogP contribution in [0.5, 0.6) is 0 Å². The zero-order chi connectivity index (χ0) is 18.4. The zero-order valence-corrected chi connectivity index (χ0v) is 15.2. The molecule has 0 radical (unpaired) electrons. The molecule has 0 saturated carbocycles. The number of H-pyrrole nitrogens is 1. The maximum atomic E-state index is 4.42. The van der Waals surface area contributed by atoms with Crippen molar-refractivity contribution in [2.45, 2.75) is 19.8 Å². The number of nitrogens with one attached hydrogen (secondary N) is 1. The van der Waals surface area contributed by atoms with E-state index < -0.39 is 0 Å². The Balaban J connectivity index is 1.65. The van der Waals surface area contributed by atoms with Crippen LogP contribution in [0.4, 0.5) is 0 Å². The van der Waals surface area contributed by atoms with Crippen molar-refractivity contribution in [2.75, 3.05) is 0 Å². The molecule has 0 unspecified atom stereocenters. The van der Waals surface area contributed by atoms with Gasteiger partial charge in [-0.2, -0.15) is 5.10 Å². The Labute approximate surface area is 156 Å². The number of hydrogen-bond acceptors (Lipinski definition) is 3. The van der Waals surface area contributed by atoms with Gasteiger partial charge in [-0.25, -0.2) is 0 Å². The van der Waals surface area contributed by atoms with Crippen LogP contribution >= 0.6 is 0 Å². The summed E-state index contributed by atoms with van der Waals surface area (Å²) in [7, 11) is 0. The summed E-state index contributed by atoms with van der Waals surface area (Å²) in [5.74, 6) is 1.32. The summed E-state index contributed by atoms with van der Waals surface area (Å²) in [5.41, 5.74) is 6.51. The molecule has 0 fully saturated rings. The van der Waals surface area contributed by atoms with Crippen molar-refractivity contribution in [3.63, 3.8) is 0 Å². The van der Waals surface area contributed by atoms with Crippen molar-refractivity contribution in [1.29, 1.82) is 0 Å². The zero-order valence-electron chi connectivity index (χ0n) is 15.2. The smallest absolute Gasteiger partial charge is 0.168 e. The van der Waals surface area contributed by atoms with Gasteiger partial charge >= 0.3 is 0 Å². The Morgan fingerprint density at radius 3 is 2.67 bits per heavy atom. The number of fused-ring (bicyclic) bond motifs is 2. The highest BCUT2D eigenvalue weighted by Crippen LogP contribution is 2.27. The Morgan fingerprint density at radius 2 is 1.78 bits per heavy atom. The van der Waals surface area contributed by atoms with Gasteiger partial charge in [0.15, 0.2) is 11.5 Å². The molecule has 0 aliphatic carbocycles. The predicted molar refractivity (Wildman–Crippen MR) is 108 cm³/mol. The summed E-state index contributed by atoms with van der Waals surface area (Å²) in [4.78, 5) is 0. The second kappa shape index (κ2) is 6.06. The molecule has 0 aliphatic rings. The third-order valence-electron chi connectivity index (χ3n) is 4.99. The molecule has 5 aromatic rings. The largest absolute Gasteiger partial charge is 0.282 e. The van der Waals surface area contributed by atoms with Crippen LogP contribution in [0.2, 0.25) is 0 Å². The lowest BCUT2D eigenvalue weighted by Crippen LogP contribution is -1.92. The van der Waals surface area contributed by atoms with Gasteiger partial charge in [0.1, 0.15) is 0 Å². The first kappa shape index (κ1) is 15.8. The van der Waals surface area contributed by atoms with Gasteiger partial charge in [0.25, 0.3) is 0 Å². The number of hydrogen-bond donors (Lipinski definition) is 1. The molecule has 0 saturated heterocycles. The van der Waals surface area contributed by atoms with Crippen LogP contribution in [0.25, 0.3) is 39.1 Å². The minimum absolute atomic E-state index is 0.500. The van der Waals surface area contributed by atoms with Crippen LogP contribution in [0.15, 0.2) is 67.0 Å². The Bertz CT molecular complexity index is 1260. The van der Waals surface area contributed by atoms with Crippen molar-refractivity contribution in [1.82, 2.24) is 24.8 Å². The molecule has 0 aliphatic heterocycles.